The smallest absolute Gasteiger partial charge is 0.407 e. The predicted octanol–water partition coefficient (Wildman–Crippen LogP) is 1.92. The van der Waals surface area contributed by atoms with Crippen molar-refractivity contribution in [1.82, 2.24) is 9.88 Å². The Hall–Kier alpha value is -2.05. The fourth-order valence-electron chi connectivity index (χ4n) is 3.43. The van der Waals surface area contributed by atoms with Crippen molar-refractivity contribution in [2.75, 3.05) is 26.3 Å². The van der Waals surface area contributed by atoms with Gasteiger partial charge in [0.15, 0.2) is 11.6 Å². The number of halogens is 1. The molecule has 34 heavy (non-hydrogen) atoms. The third kappa shape index (κ3) is 4.72. The summed E-state index contributed by atoms with van der Waals surface area (Å²) in [5, 5.41) is 7.75. The van der Waals surface area contributed by atoms with Crippen LogP contribution in [-0.2, 0) is 24.8 Å². The van der Waals surface area contributed by atoms with Gasteiger partial charge in [-0.2, -0.15) is 9.79 Å². The second kappa shape index (κ2) is 9.54. The Morgan fingerprint density at radius 2 is 2.03 bits per heavy atom. The first-order valence-electron chi connectivity index (χ1n) is 10.0. The van der Waals surface area contributed by atoms with E-state index in [1.165, 1.54) is 35.5 Å². The number of nitrogens with zero attached hydrogens (tertiary/aromatic N) is 2. The van der Waals surface area contributed by atoms with Crippen LogP contribution in [0, 0.1) is 5.82 Å². The summed E-state index contributed by atoms with van der Waals surface area (Å²) < 4.78 is 48.1. The number of carbonyl (C=O) groups excluding carboxylic acids is 1. The van der Waals surface area contributed by atoms with Crippen molar-refractivity contribution >= 4 is 21.6 Å². The first-order chi connectivity index (χ1) is 16.0. The molecule has 0 aliphatic carbocycles. The minimum absolute atomic E-state index is 0.197. The molecular weight excluding hydrogens is 497 g/mol. The minimum Gasteiger partial charge on any atom is -0.407 e. The lowest BCUT2D eigenvalue weighted by Crippen LogP contribution is -2.42. The van der Waals surface area contributed by atoms with Gasteiger partial charge in [0.05, 0.1) is 25.2 Å². The van der Waals surface area contributed by atoms with Crippen LogP contribution in [0.2, 0.25) is 0 Å². The Morgan fingerprint density at radius 1 is 1.29 bits per heavy atom. The molecule has 0 saturated carbocycles. The molecule has 4 rings (SSSR count). The van der Waals surface area contributed by atoms with E-state index < -0.39 is 56.6 Å². The Morgan fingerprint density at radius 3 is 2.68 bits per heavy atom. The molecule has 1 amide bonds. The van der Waals surface area contributed by atoms with Gasteiger partial charge in [-0.25, -0.2) is 9.18 Å². The summed E-state index contributed by atoms with van der Waals surface area (Å²) in [5.74, 6) is -1.73. The van der Waals surface area contributed by atoms with E-state index in [2.05, 4.69) is 4.98 Å². The number of hydrogen-bond acceptors (Lipinski definition) is 10. The quantitative estimate of drug-likeness (QED) is 0.436. The van der Waals surface area contributed by atoms with Gasteiger partial charge in [0.2, 0.25) is 6.29 Å². The van der Waals surface area contributed by atoms with Gasteiger partial charge in [0.1, 0.15) is 0 Å². The highest BCUT2D eigenvalue weighted by atomic mass is 31.3. The molecule has 3 unspecified atom stereocenters. The maximum absolute atomic E-state index is 14.6. The van der Waals surface area contributed by atoms with E-state index in [1.807, 2.05) is 0 Å². The van der Waals surface area contributed by atoms with E-state index in [0.717, 1.165) is 12.1 Å². The number of aromatic nitrogens is 1. The fourth-order valence-corrected chi connectivity index (χ4v) is 7.04. The molecule has 2 aromatic rings. The molecule has 12 nitrogen and oxygen atoms in total. The zero-order chi connectivity index (χ0) is 24.6. The molecule has 0 radical (unpaired) electrons. The monoisotopic (exact) mass is 519 g/mol. The van der Waals surface area contributed by atoms with E-state index in [-0.39, 0.29) is 31.9 Å². The number of benzene rings is 1. The summed E-state index contributed by atoms with van der Waals surface area (Å²) >= 11 is 0. The van der Waals surface area contributed by atoms with Crippen LogP contribution in [0.4, 0.5) is 9.18 Å². The molecule has 1 aromatic carbocycles. The molecule has 2 saturated heterocycles. The van der Waals surface area contributed by atoms with E-state index in [4.69, 9.17) is 18.5 Å². The average molecular weight is 519 g/mol. The third-order valence-corrected chi connectivity index (χ3v) is 9.93. The zero-order valence-electron chi connectivity index (χ0n) is 17.6. The van der Waals surface area contributed by atoms with Crippen LogP contribution in [0.3, 0.4) is 0 Å². The highest BCUT2D eigenvalue weighted by Crippen LogP contribution is 2.83. The number of hydrogen-bond donors (Lipinski definition) is 4. The van der Waals surface area contributed by atoms with Gasteiger partial charge in [-0.1, -0.05) is 12.1 Å². The predicted molar refractivity (Wildman–Crippen MR) is 114 cm³/mol. The summed E-state index contributed by atoms with van der Waals surface area (Å²) in [7, 11) is -10.3. The van der Waals surface area contributed by atoms with Crippen molar-refractivity contribution in [3.8, 4) is 5.75 Å². The van der Waals surface area contributed by atoms with Gasteiger partial charge < -0.3 is 24.4 Å². The van der Waals surface area contributed by atoms with Gasteiger partial charge in [-0.3, -0.25) is 14.1 Å². The van der Waals surface area contributed by atoms with Crippen LogP contribution in [0.25, 0.3) is 0 Å². The van der Waals surface area contributed by atoms with E-state index in [9.17, 15) is 33.5 Å². The summed E-state index contributed by atoms with van der Waals surface area (Å²) in [4.78, 5) is 49.3. The highest BCUT2D eigenvalue weighted by molar-refractivity contribution is 7.76. The maximum atomic E-state index is 14.6. The SMILES string of the molecule is O=C(Oc1c(F)cccc1C1OP(=O)(O)C(O)(Cc2cccnc2)[P+](O)(O)O1)N1CCOCC1. The number of pyridine rings is 1. The number of para-hydroxylation sites is 1. The molecule has 1 aromatic heterocycles. The molecule has 0 bridgehead atoms. The number of aliphatic hydroxyl groups is 1. The first-order valence-corrected chi connectivity index (χ1v) is 13.2. The van der Waals surface area contributed by atoms with Crippen LogP contribution >= 0.6 is 15.5 Å². The van der Waals surface area contributed by atoms with Crippen LogP contribution in [0.5, 0.6) is 5.75 Å². The number of morpholine rings is 1. The van der Waals surface area contributed by atoms with Gasteiger partial charge in [0, 0.05) is 25.5 Å². The van der Waals surface area contributed by atoms with Crippen molar-refractivity contribution in [1.29, 1.82) is 0 Å². The topological polar surface area (TPSA) is 168 Å². The van der Waals surface area contributed by atoms with Gasteiger partial charge in [-0.15, -0.1) is 4.52 Å². The zero-order valence-corrected chi connectivity index (χ0v) is 19.3. The van der Waals surface area contributed by atoms with Gasteiger partial charge in [0.25, 0.3) is 0 Å². The normalized spacial score (nSPS) is 29.0. The molecule has 3 atom stereocenters. The molecule has 15 heteroatoms. The maximum Gasteiger partial charge on any atom is 0.457 e. The Labute approximate surface area is 193 Å². The number of amides is 1. The summed E-state index contributed by atoms with van der Waals surface area (Å²) in [6.07, 6.45) is -1.03. The minimum atomic E-state index is -5.25. The Balaban J connectivity index is 1.63. The molecule has 2 aliphatic rings. The molecule has 4 N–H and O–H groups in total. The number of ether oxygens (including phenoxy) is 2. The van der Waals surface area contributed by atoms with Crippen LogP contribution in [0.1, 0.15) is 17.4 Å². The molecular formula is C19H22FN2O10P2+. The largest absolute Gasteiger partial charge is 0.457 e. The summed E-state index contributed by atoms with van der Waals surface area (Å²) in [6, 6.07) is 6.21. The molecule has 0 spiro atoms. The lowest BCUT2D eigenvalue weighted by Gasteiger charge is -2.38. The van der Waals surface area contributed by atoms with Gasteiger partial charge in [-0.05, 0) is 23.8 Å². The average Bonchev–Trinajstić information content (AvgIpc) is 2.80. The lowest BCUT2D eigenvalue weighted by atomic mass is 10.2. The second-order valence-corrected chi connectivity index (χ2v) is 11.9. The first kappa shape index (κ1) is 25.1. The van der Waals surface area contributed by atoms with Crippen LogP contribution in [0.15, 0.2) is 42.7 Å². The Kier molecular flexibility index (Phi) is 7.03. The second-order valence-electron chi connectivity index (χ2n) is 7.55. The van der Waals surface area contributed by atoms with E-state index >= 15 is 0 Å². The van der Waals surface area contributed by atoms with E-state index in [0.29, 0.717) is 0 Å². The number of rotatable bonds is 4. The molecule has 3 heterocycles. The van der Waals surface area contributed by atoms with Crippen molar-refractivity contribution in [2.24, 2.45) is 0 Å². The van der Waals surface area contributed by atoms with Crippen molar-refractivity contribution in [3.63, 3.8) is 0 Å². The van der Waals surface area contributed by atoms with Crippen LogP contribution in [-0.4, -0.2) is 67.2 Å². The standard InChI is InChI=1S/C19H21FN2O10P2/c20-15-5-1-4-14(16(15)30-18(23)22-7-9-29-10-8-22)17-31-33(25,26)19(24,34(27,28)32-17)11-13-3-2-6-21-12-13/h1-6,12,17,24-26H,7-11H2/p+1. The molecule has 184 valence electrons. The summed E-state index contributed by atoms with van der Waals surface area (Å²) in [6.45, 7) is 0.932. The third-order valence-electron chi connectivity index (χ3n) is 5.27. The van der Waals surface area contributed by atoms with Crippen LogP contribution < -0.4 is 4.74 Å². The fraction of sp³-hybridized carbons (Fsp3) is 0.368. The highest BCUT2D eigenvalue weighted by Gasteiger charge is 2.77. The molecule has 2 aliphatic heterocycles. The van der Waals surface area contributed by atoms with Gasteiger partial charge >= 0.3 is 26.7 Å². The summed E-state index contributed by atoms with van der Waals surface area (Å²) in [5.41, 5.74) is -0.199. The van der Waals surface area contributed by atoms with Crippen molar-refractivity contribution in [2.45, 2.75) is 17.8 Å². The number of carbonyl (C=O) groups is 1. The van der Waals surface area contributed by atoms with Crippen molar-refractivity contribution < 1.29 is 52.1 Å². The lowest BCUT2D eigenvalue weighted by molar-refractivity contribution is -0.0693. The Bertz CT molecular complexity index is 1100. The van der Waals surface area contributed by atoms with E-state index in [1.54, 1.807) is 0 Å². The van der Waals surface area contributed by atoms with Crippen molar-refractivity contribution in [3.05, 3.63) is 59.7 Å². The molecule has 2 fully saturated rings.